The molecule has 406 valence electrons. The lowest BCUT2D eigenvalue weighted by molar-refractivity contribution is 1.26. The Kier molecular flexibility index (Phi) is 13.6. The van der Waals surface area contributed by atoms with Gasteiger partial charge in [0, 0.05) is 67.6 Å². The van der Waals surface area contributed by atoms with Gasteiger partial charge >= 0.3 is 0 Å². The maximum absolute atomic E-state index is 2.40. The van der Waals surface area contributed by atoms with Crippen LogP contribution in [0.25, 0.3) is 65.3 Å². The van der Waals surface area contributed by atoms with Crippen LogP contribution in [0, 0.1) is 0 Å². The van der Waals surface area contributed by atoms with Gasteiger partial charge < -0.3 is 19.6 Å². The van der Waals surface area contributed by atoms with Gasteiger partial charge in [-0.15, -0.1) is 0 Å². The number of anilines is 12. The molecule has 0 radical (unpaired) electrons. The second-order valence-corrected chi connectivity index (χ2v) is 21.6. The number of benzene rings is 15. The Morgan fingerprint density at radius 2 is 0.349 bits per heavy atom. The van der Waals surface area contributed by atoms with Gasteiger partial charge in [0.25, 0.3) is 0 Å². The van der Waals surface area contributed by atoms with Crippen LogP contribution in [0.4, 0.5) is 68.2 Å². The Morgan fingerprint density at radius 3 is 0.640 bits per heavy atom. The lowest BCUT2D eigenvalue weighted by Gasteiger charge is -2.29. The highest BCUT2D eigenvalue weighted by Gasteiger charge is 2.23. The van der Waals surface area contributed by atoms with Crippen molar-refractivity contribution in [3.05, 3.63) is 352 Å². The first-order valence-electron chi connectivity index (χ1n) is 29.4. The standard InChI is InChI=1S/C82H58N4/c1-5-27-63(28-6-1)83(64-29-7-2-8-30-64)67-51-55-71(56-52-67)85(79-41-21-25-59-23-13-15-35-73(59)79)69-47-43-61(44-48-69)81-75-37-17-19-39-77(75)82(78-40-20-18-38-76(78)81)62-45-49-70(50-46-62)86(80-42-22-26-60-24-14-16-36-74(60)80)72-57-53-68(54-58-72)84(65-31-9-3-10-32-65)66-33-11-4-12-34-66/h1-58H. The molecule has 0 amide bonds. The Balaban J connectivity index is 0.812. The second-order valence-electron chi connectivity index (χ2n) is 21.6. The third-order valence-corrected chi connectivity index (χ3v) is 16.6. The monoisotopic (exact) mass is 1100 g/mol. The maximum atomic E-state index is 2.40. The third-order valence-electron chi connectivity index (χ3n) is 16.6. The van der Waals surface area contributed by atoms with Crippen LogP contribution in [-0.2, 0) is 0 Å². The fraction of sp³-hybridized carbons (Fsp3) is 0. The van der Waals surface area contributed by atoms with Crippen LogP contribution in [-0.4, -0.2) is 0 Å². The average molecular weight is 1100 g/mol. The van der Waals surface area contributed by atoms with Crippen LogP contribution in [0.5, 0.6) is 0 Å². The summed E-state index contributed by atoms with van der Waals surface area (Å²) in [6.07, 6.45) is 0. The van der Waals surface area contributed by atoms with E-state index in [1.807, 2.05) is 0 Å². The number of hydrogen-bond donors (Lipinski definition) is 0. The molecule has 4 nitrogen and oxygen atoms in total. The summed E-state index contributed by atoms with van der Waals surface area (Å²) < 4.78 is 0. The predicted molar refractivity (Wildman–Crippen MR) is 366 cm³/mol. The van der Waals surface area contributed by atoms with Gasteiger partial charge in [-0.2, -0.15) is 0 Å². The smallest absolute Gasteiger partial charge is 0.0540 e. The zero-order valence-electron chi connectivity index (χ0n) is 47.3. The first kappa shape index (κ1) is 51.4. The van der Waals surface area contributed by atoms with Crippen LogP contribution in [0.3, 0.4) is 0 Å². The summed E-state index contributed by atoms with van der Waals surface area (Å²) in [6, 6.07) is 127. The van der Waals surface area contributed by atoms with Crippen molar-refractivity contribution in [1.29, 1.82) is 0 Å². The fourth-order valence-electron chi connectivity index (χ4n) is 12.7. The van der Waals surface area contributed by atoms with Crippen molar-refractivity contribution in [2.75, 3.05) is 19.6 Å². The Hall–Kier alpha value is -11.5. The highest BCUT2D eigenvalue weighted by molar-refractivity contribution is 6.21. The normalized spacial score (nSPS) is 11.3. The molecule has 0 aromatic heterocycles. The summed E-state index contributed by atoms with van der Waals surface area (Å²) in [6.45, 7) is 0. The topological polar surface area (TPSA) is 13.0 Å². The van der Waals surface area contributed by atoms with Crippen molar-refractivity contribution in [2.45, 2.75) is 0 Å². The van der Waals surface area contributed by atoms with Gasteiger partial charge in [-0.25, -0.2) is 0 Å². The van der Waals surface area contributed by atoms with Gasteiger partial charge in [0.1, 0.15) is 0 Å². The predicted octanol–water partition coefficient (Wildman–Crippen LogP) is 23.5. The van der Waals surface area contributed by atoms with Gasteiger partial charge in [0.05, 0.1) is 11.4 Å². The van der Waals surface area contributed by atoms with E-state index in [0.29, 0.717) is 0 Å². The molecule has 0 atom stereocenters. The molecule has 0 aliphatic rings. The summed E-state index contributed by atoms with van der Waals surface area (Å²) in [4.78, 5) is 9.42. The van der Waals surface area contributed by atoms with E-state index < -0.39 is 0 Å². The van der Waals surface area contributed by atoms with Crippen LogP contribution in [0.2, 0.25) is 0 Å². The van der Waals surface area contributed by atoms with Crippen molar-refractivity contribution < 1.29 is 0 Å². The zero-order valence-corrected chi connectivity index (χ0v) is 47.3. The molecule has 0 saturated carbocycles. The minimum absolute atomic E-state index is 1.07. The first-order chi connectivity index (χ1) is 42.7. The summed E-state index contributed by atoms with van der Waals surface area (Å²) in [5, 5.41) is 9.58. The number of nitrogens with zero attached hydrogens (tertiary/aromatic N) is 4. The van der Waals surface area contributed by atoms with Gasteiger partial charge in [0.15, 0.2) is 0 Å². The van der Waals surface area contributed by atoms with E-state index in [1.165, 1.54) is 54.2 Å². The molecular weight excluding hydrogens is 1040 g/mol. The summed E-state index contributed by atoms with van der Waals surface area (Å²) in [7, 11) is 0. The minimum Gasteiger partial charge on any atom is -0.311 e. The molecule has 4 heteroatoms. The maximum Gasteiger partial charge on any atom is 0.0540 e. The lowest BCUT2D eigenvalue weighted by Crippen LogP contribution is -2.12. The fourth-order valence-corrected chi connectivity index (χ4v) is 12.7. The first-order valence-corrected chi connectivity index (χ1v) is 29.4. The molecule has 0 heterocycles. The lowest BCUT2D eigenvalue weighted by atomic mass is 9.86. The van der Waals surface area contributed by atoms with Gasteiger partial charge in [-0.3, -0.25) is 0 Å². The Labute approximate surface area is 502 Å². The zero-order chi connectivity index (χ0) is 57.2. The van der Waals surface area contributed by atoms with E-state index in [1.54, 1.807) is 0 Å². The quantitative estimate of drug-likeness (QED) is 0.101. The van der Waals surface area contributed by atoms with Crippen LogP contribution < -0.4 is 19.6 Å². The number of hydrogen-bond acceptors (Lipinski definition) is 4. The van der Waals surface area contributed by atoms with Crippen molar-refractivity contribution >= 4 is 111 Å². The third kappa shape index (κ3) is 9.61. The van der Waals surface area contributed by atoms with Crippen molar-refractivity contribution in [2.24, 2.45) is 0 Å². The van der Waals surface area contributed by atoms with E-state index in [0.717, 1.165) is 79.4 Å². The van der Waals surface area contributed by atoms with Gasteiger partial charge in [-0.1, -0.05) is 218 Å². The highest BCUT2D eigenvalue weighted by Crippen LogP contribution is 2.48. The number of fused-ring (bicyclic) bond motifs is 4. The van der Waals surface area contributed by atoms with Crippen LogP contribution in [0.1, 0.15) is 0 Å². The molecule has 0 unspecified atom stereocenters. The SMILES string of the molecule is c1ccc(N(c2ccccc2)c2ccc(N(c3ccc(-c4c5ccccc5c(-c5ccc(N(c6ccc(N(c7ccccc7)c7ccccc7)cc6)c6cccc7ccccc67)cc5)c5ccccc45)cc3)c3cccc4ccccc34)cc2)cc1. The summed E-state index contributed by atoms with van der Waals surface area (Å²) in [5.41, 5.74) is 17.8. The molecule has 0 N–H and O–H groups in total. The van der Waals surface area contributed by atoms with E-state index >= 15 is 0 Å². The molecule has 0 saturated heterocycles. The highest BCUT2D eigenvalue weighted by atomic mass is 15.2. The molecular formula is C82H58N4. The summed E-state index contributed by atoms with van der Waals surface area (Å²) >= 11 is 0. The van der Waals surface area contributed by atoms with Crippen LogP contribution >= 0.6 is 0 Å². The Morgan fingerprint density at radius 1 is 0.140 bits per heavy atom. The second kappa shape index (κ2) is 22.7. The van der Waals surface area contributed by atoms with Crippen molar-refractivity contribution in [1.82, 2.24) is 0 Å². The molecule has 15 rings (SSSR count). The van der Waals surface area contributed by atoms with E-state index in [2.05, 4.69) is 371 Å². The van der Waals surface area contributed by atoms with Gasteiger partial charge in [0.2, 0.25) is 0 Å². The molecule has 0 fully saturated rings. The van der Waals surface area contributed by atoms with E-state index in [4.69, 9.17) is 0 Å². The van der Waals surface area contributed by atoms with Crippen molar-refractivity contribution in [3.63, 3.8) is 0 Å². The molecule has 15 aromatic rings. The van der Waals surface area contributed by atoms with Crippen molar-refractivity contribution in [3.8, 4) is 22.3 Å². The molecule has 0 spiro atoms. The molecule has 0 bridgehead atoms. The van der Waals surface area contributed by atoms with Gasteiger partial charge in [-0.05, 0) is 188 Å². The summed E-state index contributed by atoms with van der Waals surface area (Å²) in [5.74, 6) is 0. The van der Waals surface area contributed by atoms with E-state index in [9.17, 15) is 0 Å². The largest absolute Gasteiger partial charge is 0.311 e. The molecule has 0 aliphatic carbocycles. The molecule has 86 heavy (non-hydrogen) atoms. The van der Waals surface area contributed by atoms with E-state index in [-0.39, 0.29) is 0 Å². The minimum atomic E-state index is 1.07. The molecule has 0 aliphatic heterocycles. The number of para-hydroxylation sites is 4. The molecule has 15 aromatic carbocycles. The average Bonchev–Trinajstić information content (AvgIpc) is 1.00. The Bertz CT molecular complexity index is 4380. The van der Waals surface area contributed by atoms with Crippen LogP contribution in [0.15, 0.2) is 352 Å². The number of rotatable bonds is 14.